The van der Waals surface area contributed by atoms with Crippen molar-refractivity contribution in [3.8, 4) is 11.5 Å². The summed E-state index contributed by atoms with van der Waals surface area (Å²) in [6, 6.07) is 21.0. The number of benzene rings is 3. The second-order valence-electron chi connectivity index (χ2n) is 6.60. The minimum Gasteiger partial charge on any atom is -0.493 e. The highest BCUT2D eigenvalue weighted by Gasteiger charge is 2.24. The van der Waals surface area contributed by atoms with Gasteiger partial charge in [-0.25, -0.2) is 9.79 Å². The molecule has 0 aromatic heterocycles. The summed E-state index contributed by atoms with van der Waals surface area (Å²) in [6.07, 6.45) is 1.72. The van der Waals surface area contributed by atoms with E-state index < -0.39 is 5.97 Å². The van der Waals surface area contributed by atoms with Gasteiger partial charge in [0, 0.05) is 0 Å². The third-order valence-corrected chi connectivity index (χ3v) is 5.66. The molecule has 1 fully saturated rings. The van der Waals surface area contributed by atoms with Crippen molar-refractivity contribution in [1.82, 2.24) is 5.32 Å². The minimum absolute atomic E-state index is 0.238. The average Bonchev–Trinajstić information content (AvgIpc) is 3.14. The third kappa shape index (κ3) is 5.01. The van der Waals surface area contributed by atoms with E-state index in [1.165, 1.54) is 18.9 Å². The molecule has 0 bridgehead atoms. The van der Waals surface area contributed by atoms with E-state index in [9.17, 15) is 9.59 Å². The van der Waals surface area contributed by atoms with Gasteiger partial charge < -0.3 is 14.8 Å². The van der Waals surface area contributed by atoms with E-state index in [2.05, 4.69) is 10.3 Å². The lowest BCUT2D eigenvalue weighted by Crippen LogP contribution is -2.19. The number of amidine groups is 1. The molecule has 6 nitrogen and oxygen atoms in total. The predicted molar refractivity (Wildman–Crippen MR) is 127 cm³/mol. The van der Waals surface area contributed by atoms with E-state index in [1.54, 1.807) is 48.5 Å². The van der Waals surface area contributed by atoms with E-state index in [-0.39, 0.29) is 17.2 Å². The molecule has 1 aliphatic rings. The highest BCUT2D eigenvalue weighted by molar-refractivity contribution is 8.18. The van der Waals surface area contributed by atoms with Crippen molar-refractivity contribution in [3.63, 3.8) is 0 Å². The number of nitrogens with zero attached hydrogens (tertiary/aromatic N) is 1. The first kappa shape index (κ1) is 21.7. The number of esters is 1. The zero-order valence-electron chi connectivity index (χ0n) is 16.9. The van der Waals surface area contributed by atoms with Gasteiger partial charge in [0.25, 0.3) is 5.91 Å². The zero-order valence-corrected chi connectivity index (χ0v) is 18.4. The van der Waals surface area contributed by atoms with E-state index in [4.69, 9.17) is 21.1 Å². The molecular formula is C24H17ClN2O4S. The normalized spacial score (nSPS) is 15.6. The molecular weight excluding hydrogens is 448 g/mol. The summed E-state index contributed by atoms with van der Waals surface area (Å²) >= 11 is 7.31. The van der Waals surface area contributed by atoms with Crippen molar-refractivity contribution < 1.29 is 19.1 Å². The number of para-hydroxylation sites is 1. The van der Waals surface area contributed by atoms with Crippen molar-refractivity contribution in [2.75, 3.05) is 7.11 Å². The molecule has 1 heterocycles. The molecule has 8 heteroatoms. The summed E-state index contributed by atoms with van der Waals surface area (Å²) < 4.78 is 10.8. The molecule has 3 aromatic carbocycles. The number of hydrogen-bond acceptors (Lipinski definition) is 6. The van der Waals surface area contributed by atoms with Crippen molar-refractivity contribution in [2.24, 2.45) is 4.99 Å². The number of ether oxygens (including phenoxy) is 2. The van der Waals surface area contributed by atoms with Crippen LogP contribution in [0.25, 0.3) is 6.08 Å². The number of thioether (sulfide) groups is 1. The van der Waals surface area contributed by atoms with Crippen LogP contribution in [0.2, 0.25) is 5.02 Å². The van der Waals surface area contributed by atoms with Crippen molar-refractivity contribution in [2.45, 2.75) is 0 Å². The number of hydrogen-bond donors (Lipinski definition) is 1. The Morgan fingerprint density at radius 2 is 1.78 bits per heavy atom. The van der Waals surface area contributed by atoms with Gasteiger partial charge in [-0.2, -0.15) is 0 Å². The number of nitrogens with one attached hydrogen (secondary N) is 1. The number of rotatable bonds is 5. The zero-order chi connectivity index (χ0) is 22.5. The van der Waals surface area contributed by atoms with Crippen LogP contribution in [0.4, 0.5) is 5.69 Å². The van der Waals surface area contributed by atoms with Crippen LogP contribution in [0.15, 0.2) is 82.7 Å². The fourth-order valence-electron chi connectivity index (χ4n) is 2.89. The molecule has 1 aliphatic heterocycles. The van der Waals surface area contributed by atoms with Crippen LogP contribution in [0.1, 0.15) is 15.9 Å². The van der Waals surface area contributed by atoms with Crippen molar-refractivity contribution in [3.05, 3.63) is 93.9 Å². The Bertz CT molecular complexity index is 1240. The predicted octanol–water partition coefficient (Wildman–Crippen LogP) is 5.46. The fraction of sp³-hybridized carbons (Fsp3) is 0.0417. The van der Waals surface area contributed by atoms with Gasteiger partial charge in [0.2, 0.25) is 0 Å². The number of amides is 1. The topological polar surface area (TPSA) is 77.0 Å². The molecule has 0 unspecified atom stereocenters. The average molecular weight is 465 g/mol. The summed E-state index contributed by atoms with van der Waals surface area (Å²) in [5.41, 5.74) is 1.72. The molecule has 3 aromatic rings. The van der Waals surface area contributed by atoms with Gasteiger partial charge in [-0.3, -0.25) is 4.79 Å². The number of halogens is 1. The van der Waals surface area contributed by atoms with E-state index in [1.807, 2.05) is 30.3 Å². The van der Waals surface area contributed by atoms with Crippen LogP contribution in [-0.4, -0.2) is 24.2 Å². The van der Waals surface area contributed by atoms with Gasteiger partial charge in [-0.1, -0.05) is 48.0 Å². The van der Waals surface area contributed by atoms with Crippen LogP contribution >= 0.6 is 23.4 Å². The van der Waals surface area contributed by atoms with Gasteiger partial charge in [-0.05, 0) is 59.8 Å². The van der Waals surface area contributed by atoms with Crippen molar-refractivity contribution in [1.29, 1.82) is 0 Å². The molecule has 0 aliphatic carbocycles. The van der Waals surface area contributed by atoms with Crippen LogP contribution in [0.5, 0.6) is 11.5 Å². The minimum atomic E-state index is -0.590. The molecule has 4 rings (SSSR count). The number of carbonyl (C=O) groups excluding carboxylic acids is 2. The second kappa shape index (κ2) is 9.72. The van der Waals surface area contributed by atoms with E-state index >= 15 is 0 Å². The maximum absolute atomic E-state index is 12.5. The Morgan fingerprint density at radius 1 is 1.03 bits per heavy atom. The SMILES string of the molecule is COc1cc(/C=C2/SC(=Nc3ccccc3)NC2=O)ccc1OC(=O)c1ccccc1Cl. The van der Waals surface area contributed by atoms with Crippen LogP contribution < -0.4 is 14.8 Å². The molecule has 1 N–H and O–H groups in total. The Morgan fingerprint density at radius 3 is 2.53 bits per heavy atom. The summed E-state index contributed by atoms with van der Waals surface area (Å²) in [5, 5.41) is 3.56. The molecule has 0 atom stereocenters. The lowest BCUT2D eigenvalue weighted by atomic mass is 10.2. The molecule has 160 valence electrons. The fourth-order valence-corrected chi connectivity index (χ4v) is 3.95. The molecule has 0 saturated carbocycles. The van der Waals surface area contributed by atoms with Gasteiger partial charge >= 0.3 is 5.97 Å². The summed E-state index contributed by atoms with van der Waals surface area (Å²) in [5.74, 6) is -0.235. The van der Waals surface area contributed by atoms with Crippen LogP contribution in [0.3, 0.4) is 0 Å². The summed E-state index contributed by atoms with van der Waals surface area (Å²) in [4.78, 5) is 29.7. The number of aliphatic imine (C=N–C) groups is 1. The van der Waals surface area contributed by atoms with Gasteiger partial charge in [0.1, 0.15) is 0 Å². The Kier molecular flexibility index (Phi) is 6.58. The standard InChI is InChI=1S/C24H17ClN2O4S/c1-30-20-13-15(11-12-19(20)31-23(29)17-9-5-6-10-18(17)25)14-21-22(28)27-24(32-21)26-16-7-3-2-4-8-16/h2-14H,1H3,(H,26,27,28)/b21-14+. The number of methoxy groups -OCH3 is 1. The Labute approximate surface area is 193 Å². The Balaban J connectivity index is 1.53. The largest absolute Gasteiger partial charge is 0.493 e. The smallest absolute Gasteiger partial charge is 0.345 e. The maximum Gasteiger partial charge on any atom is 0.345 e. The molecule has 32 heavy (non-hydrogen) atoms. The Hall–Kier alpha value is -3.55. The van der Waals surface area contributed by atoms with Crippen LogP contribution in [-0.2, 0) is 4.79 Å². The first-order valence-electron chi connectivity index (χ1n) is 9.53. The highest BCUT2D eigenvalue weighted by Crippen LogP contribution is 2.33. The van der Waals surface area contributed by atoms with Gasteiger partial charge in [0.05, 0.1) is 28.3 Å². The van der Waals surface area contributed by atoms with Gasteiger partial charge in [0.15, 0.2) is 16.7 Å². The van der Waals surface area contributed by atoms with Gasteiger partial charge in [-0.15, -0.1) is 0 Å². The van der Waals surface area contributed by atoms with Crippen molar-refractivity contribution >= 4 is 52.2 Å². The highest BCUT2D eigenvalue weighted by atomic mass is 35.5. The van der Waals surface area contributed by atoms with Crippen LogP contribution in [0, 0.1) is 0 Å². The maximum atomic E-state index is 12.5. The first-order chi connectivity index (χ1) is 15.5. The van der Waals surface area contributed by atoms with E-state index in [0.717, 1.165) is 5.69 Å². The molecule has 1 saturated heterocycles. The lowest BCUT2D eigenvalue weighted by Gasteiger charge is -2.10. The second-order valence-corrected chi connectivity index (χ2v) is 8.03. The summed E-state index contributed by atoms with van der Waals surface area (Å²) in [7, 11) is 1.47. The first-order valence-corrected chi connectivity index (χ1v) is 10.7. The van der Waals surface area contributed by atoms with E-state index in [0.29, 0.717) is 26.4 Å². The number of carbonyl (C=O) groups is 2. The molecule has 1 amide bonds. The third-order valence-electron chi connectivity index (χ3n) is 4.42. The lowest BCUT2D eigenvalue weighted by molar-refractivity contribution is -0.115. The molecule has 0 radical (unpaired) electrons. The quantitative estimate of drug-likeness (QED) is 0.308. The molecule has 0 spiro atoms. The summed E-state index contributed by atoms with van der Waals surface area (Å²) in [6.45, 7) is 0. The monoisotopic (exact) mass is 464 g/mol.